The van der Waals surface area contributed by atoms with Crippen LogP contribution in [0.25, 0.3) is 10.9 Å². The molecule has 0 bridgehead atoms. The quantitative estimate of drug-likeness (QED) is 0.838. The highest BCUT2D eigenvalue weighted by Crippen LogP contribution is 2.26. The summed E-state index contributed by atoms with van der Waals surface area (Å²) in [5, 5.41) is 13.4. The van der Waals surface area contributed by atoms with E-state index in [0.717, 1.165) is 47.9 Å². The minimum Gasteiger partial charge on any atom is -0.383 e. The predicted octanol–water partition coefficient (Wildman–Crippen LogP) is 4.06. The zero-order chi connectivity index (χ0) is 16.2. The van der Waals surface area contributed by atoms with Gasteiger partial charge in [-0.1, -0.05) is 37.6 Å². The van der Waals surface area contributed by atoms with E-state index in [1.54, 1.807) is 6.20 Å². The average Bonchev–Trinajstić information content (AvgIpc) is 2.51. The molecule has 2 atom stereocenters. The zero-order valence-corrected chi connectivity index (χ0v) is 14.7. The highest BCUT2D eigenvalue weighted by molar-refractivity contribution is 6.35. The molecule has 1 aromatic carbocycles. The van der Waals surface area contributed by atoms with Crippen molar-refractivity contribution < 1.29 is 0 Å². The van der Waals surface area contributed by atoms with Crippen molar-refractivity contribution in [2.75, 3.05) is 31.5 Å². The largest absolute Gasteiger partial charge is 0.383 e. The fourth-order valence-electron chi connectivity index (χ4n) is 3.69. The van der Waals surface area contributed by atoms with E-state index in [9.17, 15) is 0 Å². The number of anilines is 1. The molecule has 1 saturated heterocycles. The van der Waals surface area contributed by atoms with E-state index in [-0.39, 0.29) is 0 Å². The Kier molecular flexibility index (Phi) is 5.34. The lowest BCUT2D eigenvalue weighted by molar-refractivity contribution is 0.141. The van der Waals surface area contributed by atoms with Gasteiger partial charge in [0, 0.05) is 25.0 Å². The topological polar surface area (TPSA) is 41.0 Å². The van der Waals surface area contributed by atoms with Crippen LogP contribution in [-0.4, -0.2) is 41.3 Å². The third kappa shape index (κ3) is 4.12. The first-order chi connectivity index (χ1) is 11.1. The lowest BCUT2D eigenvalue weighted by Gasteiger charge is -2.35. The van der Waals surface area contributed by atoms with Crippen LogP contribution in [0, 0.1) is 11.8 Å². The Balaban J connectivity index is 1.54. The highest BCUT2D eigenvalue weighted by Gasteiger charge is 2.20. The van der Waals surface area contributed by atoms with Gasteiger partial charge in [0.15, 0.2) is 0 Å². The summed E-state index contributed by atoms with van der Waals surface area (Å²) in [5.74, 6) is 1.64. The molecule has 1 aliphatic heterocycles. The summed E-state index contributed by atoms with van der Waals surface area (Å²) in [7, 11) is 0. The van der Waals surface area contributed by atoms with Gasteiger partial charge < -0.3 is 10.2 Å². The number of nitrogens with zero attached hydrogens (tertiary/aromatic N) is 3. The van der Waals surface area contributed by atoms with Crippen molar-refractivity contribution in [2.24, 2.45) is 11.8 Å². The SMILES string of the molecule is CC1CC(C)CN(CCCNc2cnnc3c(Cl)cccc23)C1. The Morgan fingerprint density at radius 2 is 2.04 bits per heavy atom. The van der Waals surface area contributed by atoms with Crippen LogP contribution in [0.2, 0.25) is 5.02 Å². The monoisotopic (exact) mass is 332 g/mol. The number of likely N-dealkylation sites (tertiary alicyclic amines) is 1. The molecule has 1 fully saturated rings. The standard InChI is InChI=1S/C18H25ClN4/c1-13-9-14(2)12-23(11-13)8-4-7-20-17-10-21-22-18-15(17)5-3-6-16(18)19/h3,5-6,10,13-14H,4,7-9,11-12H2,1-2H3,(H,20,22). The predicted molar refractivity (Wildman–Crippen MR) is 97.0 cm³/mol. The Bertz CT molecular complexity index is 651. The number of hydrogen-bond acceptors (Lipinski definition) is 4. The van der Waals surface area contributed by atoms with E-state index in [1.807, 2.05) is 18.2 Å². The molecule has 0 radical (unpaired) electrons. The molecule has 2 unspecified atom stereocenters. The van der Waals surface area contributed by atoms with Crippen molar-refractivity contribution in [1.82, 2.24) is 15.1 Å². The van der Waals surface area contributed by atoms with Crippen LogP contribution in [0.3, 0.4) is 0 Å². The second-order valence-corrected chi connectivity index (χ2v) is 7.29. The smallest absolute Gasteiger partial charge is 0.114 e. The zero-order valence-electron chi connectivity index (χ0n) is 13.9. The molecule has 124 valence electrons. The third-order valence-corrected chi connectivity index (χ3v) is 4.84. The fraction of sp³-hybridized carbons (Fsp3) is 0.556. The van der Waals surface area contributed by atoms with Crippen LogP contribution < -0.4 is 5.32 Å². The number of rotatable bonds is 5. The van der Waals surface area contributed by atoms with Crippen molar-refractivity contribution in [1.29, 1.82) is 0 Å². The summed E-state index contributed by atoms with van der Waals surface area (Å²) in [6.07, 6.45) is 4.28. The molecule has 0 saturated carbocycles. The van der Waals surface area contributed by atoms with Crippen molar-refractivity contribution in [3.63, 3.8) is 0 Å². The minimum absolute atomic E-state index is 0.648. The summed E-state index contributed by atoms with van der Waals surface area (Å²) in [6.45, 7) is 9.28. The van der Waals surface area contributed by atoms with Crippen molar-refractivity contribution >= 4 is 28.2 Å². The van der Waals surface area contributed by atoms with Crippen LogP contribution in [0.5, 0.6) is 0 Å². The Morgan fingerprint density at radius 1 is 1.26 bits per heavy atom. The van der Waals surface area contributed by atoms with Gasteiger partial charge in [-0.15, -0.1) is 5.10 Å². The van der Waals surface area contributed by atoms with E-state index >= 15 is 0 Å². The molecule has 3 rings (SSSR count). The van der Waals surface area contributed by atoms with Crippen LogP contribution >= 0.6 is 11.6 Å². The Morgan fingerprint density at radius 3 is 2.83 bits per heavy atom. The molecule has 1 aliphatic rings. The van der Waals surface area contributed by atoms with Crippen molar-refractivity contribution in [2.45, 2.75) is 26.7 Å². The third-order valence-electron chi connectivity index (χ3n) is 4.53. The van der Waals surface area contributed by atoms with Gasteiger partial charge in [0.05, 0.1) is 16.9 Å². The van der Waals surface area contributed by atoms with Crippen molar-refractivity contribution in [3.05, 3.63) is 29.4 Å². The van der Waals surface area contributed by atoms with E-state index in [0.29, 0.717) is 5.02 Å². The van der Waals surface area contributed by atoms with Crippen LogP contribution in [0.1, 0.15) is 26.7 Å². The first kappa shape index (κ1) is 16.5. The second-order valence-electron chi connectivity index (χ2n) is 6.88. The molecule has 0 aliphatic carbocycles. The first-order valence-electron chi connectivity index (χ1n) is 8.49. The number of benzene rings is 1. The summed E-state index contributed by atoms with van der Waals surface area (Å²) in [4.78, 5) is 2.60. The van der Waals surface area contributed by atoms with Gasteiger partial charge in [0.25, 0.3) is 0 Å². The minimum atomic E-state index is 0.648. The van der Waals surface area contributed by atoms with E-state index in [1.165, 1.54) is 19.5 Å². The maximum Gasteiger partial charge on any atom is 0.114 e. The van der Waals surface area contributed by atoms with Gasteiger partial charge in [-0.3, -0.25) is 0 Å². The first-order valence-corrected chi connectivity index (χ1v) is 8.87. The molecule has 4 nitrogen and oxygen atoms in total. The molecule has 1 aromatic heterocycles. The molecule has 2 heterocycles. The number of aromatic nitrogens is 2. The van der Waals surface area contributed by atoms with Crippen LogP contribution in [0.15, 0.2) is 24.4 Å². The number of hydrogen-bond donors (Lipinski definition) is 1. The number of nitrogens with one attached hydrogen (secondary N) is 1. The Labute approximate surface area is 143 Å². The van der Waals surface area contributed by atoms with Crippen LogP contribution in [0.4, 0.5) is 5.69 Å². The van der Waals surface area contributed by atoms with Gasteiger partial charge >= 0.3 is 0 Å². The molecule has 0 spiro atoms. The molecule has 0 amide bonds. The number of piperidine rings is 1. The molecular weight excluding hydrogens is 308 g/mol. The Hall–Kier alpha value is -1.39. The van der Waals surface area contributed by atoms with Crippen LogP contribution in [-0.2, 0) is 0 Å². The van der Waals surface area contributed by atoms with Gasteiger partial charge in [0.2, 0.25) is 0 Å². The lowest BCUT2D eigenvalue weighted by Crippen LogP contribution is -2.39. The molecular formula is C18H25ClN4. The lowest BCUT2D eigenvalue weighted by atomic mass is 9.92. The summed E-state index contributed by atoms with van der Waals surface area (Å²) in [6, 6.07) is 5.83. The molecule has 23 heavy (non-hydrogen) atoms. The highest BCUT2D eigenvalue weighted by atomic mass is 35.5. The van der Waals surface area contributed by atoms with Gasteiger partial charge in [-0.05, 0) is 37.3 Å². The normalized spacial score (nSPS) is 22.4. The summed E-state index contributed by atoms with van der Waals surface area (Å²) < 4.78 is 0. The second kappa shape index (κ2) is 7.45. The van der Waals surface area contributed by atoms with Gasteiger partial charge in [-0.2, -0.15) is 5.10 Å². The molecule has 5 heteroatoms. The van der Waals surface area contributed by atoms with Gasteiger partial charge in [-0.25, -0.2) is 0 Å². The van der Waals surface area contributed by atoms with Gasteiger partial charge in [0.1, 0.15) is 5.52 Å². The number of fused-ring (bicyclic) bond motifs is 1. The van der Waals surface area contributed by atoms with Crippen molar-refractivity contribution in [3.8, 4) is 0 Å². The van der Waals surface area contributed by atoms with E-state index in [4.69, 9.17) is 11.6 Å². The fourth-order valence-corrected chi connectivity index (χ4v) is 3.90. The average molecular weight is 333 g/mol. The van der Waals surface area contributed by atoms with E-state index in [2.05, 4.69) is 34.3 Å². The molecule has 1 N–H and O–H groups in total. The summed E-state index contributed by atoms with van der Waals surface area (Å²) >= 11 is 6.18. The molecule has 2 aromatic rings. The van der Waals surface area contributed by atoms with E-state index < -0.39 is 0 Å². The maximum atomic E-state index is 6.18. The number of halogens is 1. The maximum absolute atomic E-state index is 6.18. The summed E-state index contributed by atoms with van der Waals surface area (Å²) in [5.41, 5.74) is 1.77.